The Morgan fingerprint density at radius 3 is 2.21 bits per heavy atom. The Bertz CT molecular complexity index is 585. The molecule has 3 atom stereocenters. The highest BCUT2D eigenvalue weighted by molar-refractivity contribution is 7.80. The van der Waals surface area contributed by atoms with E-state index < -0.39 is 55.0 Å². The minimum atomic E-state index is -1.39. The molecule has 14 heteroatoms. The van der Waals surface area contributed by atoms with Crippen molar-refractivity contribution in [2.24, 2.45) is 22.2 Å². The number of carboxylic acid groups (broad SMARTS) is 1. The molecular formula is C14H27N7O6S. The minimum Gasteiger partial charge on any atom is -0.480 e. The minimum absolute atomic E-state index is 0.0683. The highest BCUT2D eigenvalue weighted by atomic mass is 32.1. The Morgan fingerprint density at radius 2 is 1.71 bits per heavy atom. The molecule has 0 bridgehead atoms. The third kappa shape index (κ3) is 10.5. The number of aliphatic carboxylic acids is 1. The summed E-state index contributed by atoms with van der Waals surface area (Å²) in [6, 6.07) is -3.55. The number of hydrogen-bond acceptors (Lipinski definition) is 8. The fraction of sp³-hybridized carbons (Fsp3) is 0.643. The zero-order valence-electron chi connectivity index (χ0n) is 15.1. The molecule has 0 spiro atoms. The molecule has 0 rings (SSSR count). The Balaban J connectivity index is 4.38. The molecule has 0 radical (unpaired) electrons. The number of nitrogens with two attached hydrogens (primary N) is 3. The summed E-state index contributed by atoms with van der Waals surface area (Å²) in [4.78, 5) is 50.2. The van der Waals surface area contributed by atoms with Gasteiger partial charge in [0.1, 0.15) is 12.1 Å². The van der Waals surface area contributed by atoms with Crippen molar-refractivity contribution in [2.45, 2.75) is 31.0 Å². The molecule has 11 N–H and O–H groups in total. The van der Waals surface area contributed by atoms with E-state index in [-0.39, 0.29) is 18.1 Å². The standard InChI is InChI=1S/C14H27N7O6S/c15-7(2-1-3-18-14(16)17)11(24)19-4-10(23)20-8(5-22)12(25)21-9(6-28)13(26)27/h7-9,22,28H,1-6,15H2,(H,19,24)(H,20,23)(H,21,25)(H,26,27)(H4,16,17,18). The molecule has 0 fully saturated rings. The smallest absolute Gasteiger partial charge is 0.327 e. The number of nitrogens with one attached hydrogen (secondary N) is 3. The van der Waals surface area contributed by atoms with Crippen LogP contribution in [0.15, 0.2) is 4.99 Å². The van der Waals surface area contributed by atoms with Crippen molar-refractivity contribution in [1.29, 1.82) is 0 Å². The van der Waals surface area contributed by atoms with Crippen LogP contribution in [-0.4, -0.2) is 83.4 Å². The summed E-state index contributed by atoms with van der Waals surface area (Å²) >= 11 is 3.79. The molecule has 160 valence electrons. The molecule has 13 nitrogen and oxygen atoms in total. The summed E-state index contributed by atoms with van der Waals surface area (Å²) in [5.74, 6) is -3.82. The molecule has 0 saturated heterocycles. The van der Waals surface area contributed by atoms with Crippen molar-refractivity contribution in [3.8, 4) is 0 Å². The Labute approximate surface area is 166 Å². The van der Waals surface area contributed by atoms with Crippen LogP contribution in [0.5, 0.6) is 0 Å². The number of guanidine groups is 1. The van der Waals surface area contributed by atoms with E-state index in [0.717, 1.165) is 0 Å². The molecular weight excluding hydrogens is 394 g/mol. The third-order valence-corrected chi connectivity index (χ3v) is 3.72. The van der Waals surface area contributed by atoms with Gasteiger partial charge in [0.15, 0.2) is 5.96 Å². The van der Waals surface area contributed by atoms with Gasteiger partial charge < -0.3 is 43.4 Å². The van der Waals surface area contributed by atoms with Crippen LogP contribution in [0.1, 0.15) is 12.8 Å². The number of rotatable bonds is 13. The van der Waals surface area contributed by atoms with E-state index in [1.54, 1.807) is 0 Å². The van der Waals surface area contributed by atoms with Crippen LogP contribution in [0.3, 0.4) is 0 Å². The van der Waals surface area contributed by atoms with E-state index in [1.165, 1.54) is 0 Å². The van der Waals surface area contributed by atoms with E-state index in [1.807, 2.05) is 0 Å². The van der Waals surface area contributed by atoms with Crippen LogP contribution in [-0.2, 0) is 19.2 Å². The van der Waals surface area contributed by atoms with Crippen molar-refractivity contribution < 1.29 is 29.4 Å². The predicted molar refractivity (Wildman–Crippen MR) is 103 cm³/mol. The second kappa shape index (κ2) is 13.6. The summed E-state index contributed by atoms with van der Waals surface area (Å²) in [6.45, 7) is -0.950. The van der Waals surface area contributed by atoms with Crippen molar-refractivity contribution >= 4 is 42.3 Å². The van der Waals surface area contributed by atoms with Crippen LogP contribution in [0, 0.1) is 0 Å². The van der Waals surface area contributed by atoms with E-state index in [4.69, 9.17) is 22.3 Å². The number of aliphatic hydroxyl groups excluding tert-OH is 1. The topological polar surface area (TPSA) is 235 Å². The van der Waals surface area contributed by atoms with Gasteiger partial charge in [0.2, 0.25) is 17.7 Å². The van der Waals surface area contributed by atoms with Crippen LogP contribution in [0.2, 0.25) is 0 Å². The normalized spacial score (nSPS) is 13.5. The first-order valence-electron chi connectivity index (χ1n) is 8.25. The molecule has 0 aromatic heterocycles. The van der Waals surface area contributed by atoms with Crippen LogP contribution >= 0.6 is 12.6 Å². The number of nitrogens with zero attached hydrogens (tertiary/aromatic N) is 1. The number of thiol groups is 1. The van der Waals surface area contributed by atoms with Crippen LogP contribution in [0.25, 0.3) is 0 Å². The monoisotopic (exact) mass is 421 g/mol. The van der Waals surface area contributed by atoms with Crippen molar-refractivity contribution in [3.63, 3.8) is 0 Å². The maximum absolute atomic E-state index is 11.9. The van der Waals surface area contributed by atoms with Gasteiger partial charge in [0.25, 0.3) is 0 Å². The largest absolute Gasteiger partial charge is 0.480 e. The van der Waals surface area contributed by atoms with Gasteiger partial charge in [-0.05, 0) is 12.8 Å². The second-order valence-corrected chi connectivity index (χ2v) is 6.02. The molecule has 3 unspecified atom stereocenters. The molecule has 0 heterocycles. The van der Waals surface area contributed by atoms with E-state index in [9.17, 15) is 24.3 Å². The molecule has 0 saturated carbocycles. The lowest BCUT2D eigenvalue weighted by Gasteiger charge is -2.19. The first-order valence-corrected chi connectivity index (χ1v) is 8.88. The first kappa shape index (κ1) is 25.4. The van der Waals surface area contributed by atoms with Crippen molar-refractivity contribution in [3.05, 3.63) is 0 Å². The molecule has 0 aliphatic rings. The van der Waals surface area contributed by atoms with Gasteiger partial charge in [-0.25, -0.2) is 4.79 Å². The SMILES string of the molecule is NC(N)=NCCCC(N)C(=O)NCC(=O)NC(CO)C(=O)NC(CS)C(=O)O. The lowest BCUT2D eigenvalue weighted by atomic mass is 10.1. The number of aliphatic imine (C=N–C) groups is 1. The quantitative estimate of drug-likeness (QED) is 0.0601. The number of aliphatic hydroxyl groups is 1. The van der Waals surface area contributed by atoms with Crippen molar-refractivity contribution in [2.75, 3.05) is 25.4 Å². The van der Waals surface area contributed by atoms with Gasteiger partial charge in [-0.3, -0.25) is 19.4 Å². The number of carbonyl (C=O) groups is 4. The van der Waals surface area contributed by atoms with Crippen molar-refractivity contribution in [1.82, 2.24) is 16.0 Å². The maximum atomic E-state index is 11.9. The fourth-order valence-corrected chi connectivity index (χ4v) is 2.09. The number of hydrogen-bond donors (Lipinski definition) is 9. The van der Waals surface area contributed by atoms with Crippen LogP contribution < -0.4 is 33.2 Å². The zero-order chi connectivity index (χ0) is 21.7. The van der Waals surface area contributed by atoms with Gasteiger partial charge in [-0.2, -0.15) is 12.6 Å². The molecule has 0 aliphatic carbocycles. The lowest BCUT2D eigenvalue weighted by Crippen LogP contribution is -2.55. The molecule has 3 amide bonds. The maximum Gasteiger partial charge on any atom is 0.327 e. The third-order valence-electron chi connectivity index (χ3n) is 3.36. The molecule has 0 aliphatic heterocycles. The summed E-state index contributed by atoms with van der Waals surface area (Å²) in [6.07, 6.45) is 0.744. The summed E-state index contributed by atoms with van der Waals surface area (Å²) in [5.41, 5.74) is 16.0. The van der Waals surface area contributed by atoms with Gasteiger partial charge in [0.05, 0.1) is 19.2 Å². The Hall–Kier alpha value is -2.58. The highest BCUT2D eigenvalue weighted by Gasteiger charge is 2.25. The van der Waals surface area contributed by atoms with E-state index in [2.05, 4.69) is 33.6 Å². The lowest BCUT2D eigenvalue weighted by molar-refractivity contribution is -0.141. The van der Waals surface area contributed by atoms with Gasteiger partial charge in [0, 0.05) is 12.3 Å². The second-order valence-electron chi connectivity index (χ2n) is 5.66. The highest BCUT2D eigenvalue weighted by Crippen LogP contribution is 1.95. The summed E-state index contributed by atoms with van der Waals surface area (Å²) < 4.78 is 0. The van der Waals surface area contributed by atoms with Crippen LogP contribution in [0.4, 0.5) is 0 Å². The summed E-state index contributed by atoms with van der Waals surface area (Å²) in [5, 5.41) is 24.7. The number of carboxylic acids is 1. The Morgan fingerprint density at radius 1 is 1.07 bits per heavy atom. The fourth-order valence-electron chi connectivity index (χ4n) is 1.85. The predicted octanol–water partition coefficient (Wildman–Crippen LogP) is -4.54. The van der Waals surface area contributed by atoms with E-state index in [0.29, 0.717) is 13.0 Å². The zero-order valence-corrected chi connectivity index (χ0v) is 16.0. The molecule has 28 heavy (non-hydrogen) atoms. The average Bonchev–Trinajstić information content (AvgIpc) is 2.64. The number of amides is 3. The van der Waals surface area contributed by atoms with Gasteiger partial charge in [-0.15, -0.1) is 0 Å². The molecule has 0 aromatic carbocycles. The molecule has 0 aromatic rings. The summed E-state index contributed by atoms with van der Waals surface area (Å²) in [7, 11) is 0. The van der Waals surface area contributed by atoms with Gasteiger partial charge >= 0.3 is 5.97 Å². The Kier molecular flexibility index (Phi) is 12.3. The average molecular weight is 421 g/mol. The van der Waals surface area contributed by atoms with Gasteiger partial charge in [-0.1, -0.05) is 0 Å². The van der Waals surface area contributed by atoms with E-state index >= 15 is 0 Å². The number of carbonyl (C=O) groups excluding carboxylic acids is 3. The first-order chi connectivity index (χ1) is 13.1.